The van der Waals surface area contributed by atoms with E-state index in [2.05, 4.69) is 291 Å². The minimum Gasteiger partial charge on any atom is -0.0622 e. The van der Waals surface area contributed by atoms with Crippen molar-refractivity contribution in [3.63, 3.8) is 0 Å². The molecule has 0 unspecified atom stereocenters. The molecule has 1 aliphatic carbocycles. The Hall–Kier alpha value is -9.62. The second kappa shape index (κ2) is 17.3. The molecule has 0 heteroatoms. The lowest BCUT2D eigenvalue weighted by molar-refractivity contribution is 0.771. The lowest BCUT2D eigenvalue weighted by Gasteiger charge is -2.34. The minimum absolute atomic E-state index is 0.593. The van der Waals surface area contributed by atoms with Crippen LogP contribution in [0.1, 0.15) is 22.3 Å². The van der Waals surface area contributed by atoms with E-state index >= 15 is 0 Å². The zero-order chi connectivity index (χ0) is 49.5. The maximum Gasteiger partial charge on any atom is 0.0714 e. The first kappa shape index (κ1) is 43.0. The first-order chi connectivity index (χ1) is 37.2. The highest BCUT2D eigenvalue weighted by Crippen LogP contribution is 2.58. The summed E-state index contributed by atoms with van der Waals surface area (Å²) in [6, 6.07) is 109. The predicted octanol–water partition coefficient (Wildman–Crippen LogP) is 20.2. The molecule has 15 rings (SSSR count). The van der Waals surface area contributed by atoms with Gasteiger partial charge in [0.25, 0.3) is 0 Å². The van der Waals surface area contributed by atoms with E-state index in [9.17, 15) is 0 Å². The quantitative estimate of drug-likeness (QED) is 0.140. The Balaban J connectivity index is 0.963. The normalized spacial score (nSPS) is 12.6. The van der Waals surface area contributed by atoms with Crippen LogP contribution < -0.4 is 0 Å². The molecule has 0 aliphatic heterocycles. The first-order valence-electron chi connectivity index (χ1n) is 26.1. The summed E-state index contributed by atoms with van der Waals surface area (Å²) in [6.07, 6.45) is 0. The fourth-order valence-electron chi connectivity index (χ4n) is 12.9. The van der Waals surface area contributed by atoms with E-state index in [-0.39, 0.29) is 0 Å². The molecule has 0 saturated carbocycles. The average Bonchev–Trinajstić information content (AvgIpc) is 3.81. The van der Waals surface area contributed by atoms with E-state index in [1.807, 2.05) is 0 Å². The van der Waals surface area contributed by atoms with Crippen LogP contribution >= 0.6 is 0 Å². The highest BCUT2D eigenvalue weighted by molar-refractivity contribution is 6.24. The number of hydrogen-bond acceptors (Lipinski definition) is 0. The maximum absolute atomic E-state index is 2.55. The summed E-state index contributed by atoms with van der Waals surface area (Å²) in [6.45, 7) is 0. The number of fused-ring (bicyclic) bond motifs is 8. The summed E-state index contributed by atoms with van der Waals surface area (Å²) in [5, 5.41) is 12.4. The third-order valence-corrected chi connectivity index (χ3v) is 16.3. The number of rotatable bonds is 7. The summed E-state index contributed by atoms with van der Waals surface area (Å²) in [5.41, 5.74) is 19.3. The van der Waals surface area contributed by atoms with E-state index in [4.69, 9.17) is 0 Å². The topological polar surface area (TPSA) is 0 Å². The molecule has 14 aromatic rings. The molecular formula is C75H48. The molecule has 0 bridgehead atoms. The van der Waals surface area contributed by atoms with Crippen LogP contribution in [-0.4, -0.2) is 0 Å². The van der Waals surface area contributed by atoms with Gasteiger partial charge in [0.2, 0.25) is 0 Å². The zero-order valence-corrected chi connectivity index (χ0v) is 41.2. The Morgan fingerprint density at radius 3 is 1.17 bits per heavy atom. The van der Waals surface area contributed by atoms with Gasteiger partial charge >= 0.3 is 0 Å². The molecule has 348 valence electrons. The molecule has 14 aromatic carbocycles. The van der Waals surface area contributed by atoms with Crippen LogP contribution in [-0.2, 0) is 5.41 Å². The highest BCUT2D eigenvalue weighted by atomic mass is 14.5. The van der Waals surface area contributed by atoms with Crippen LogP contribution in [0.3, 0.4) is 0 Å². The molecule has 0 atom stereocenters. The van der Waals surface area contributed by atoms with Crippen molar-refractivity contribution in [2.75, 3.05) is 0 Å². The van der Waals surface area contributed by atoms with Gasteiger partial charge < -0.3 is 0 Å². The molecule has 0 radical (unpaired) electrons. The van der Waals surface area contributed by atoms with E-state index in [1.54, 1.807) is 0 Å². The van der Waals surface area contributed by atoms with Crippen LogP contribution in [0.15, 0.2) is 291 Å². The van der Waals surface area contributed by atoms with Crippen LogP contribution in [0.25, 0.3) is 121 Å². The van der Waals surface area contributed by atoms with Gasteiger partial charge in [-0.25, -0.2) is 0 Å². The van der Waals surface area contributed by atoms with Crippen molar-refractivity contribution in [2.45, 2.75) is 5.41 Å². The van der Waals surface area contributed by atoms with Crippen molar-refractivity contribution in [3.05, 3.63) is 313 Å². The van der Waals surface area contributed by atoms with E-state index < -0.39 is 5.41 Å². The lowest BCUT2D eigenvalue weighted by Crippen LogP contribution is -2.28. The zero-order valence-electron chi connectivity index (χ0n) is 41.2. The van der Waals surface area contributed by atoms with Gasteiger partial charge in [-0.15, -0.1) is 0 Å². The molecular weight excluding hydrogens is 901 g/mol. The van der Waals surface area contributed by atoms with E-state index in [0.29, 0.717) is 0 Å². The molecule has 1 aliphatic rings. The second-order valence-electron chi connectivity index (χ2n) is 20.3. The Bertz CT molecular complexity index is 4390. The molecule has 0 fully saturated rings. The maximum atomic E-state index is 2.55. The third kappa shape index (κ3) is 6.77. The monoisotopic (exact) mass is 948 g/mol. The highest BCUT2D eigenvalue weighted by Gasteiger charge is 2.46. The van der Waals surface area contributed by atoms with E-state index in [1.165, 1.54) is 143 Å². The predicted molar refractivity (Wildman–Crippen MR) is 318 cm³/mol. The van der Waals surface area contributed by atoms with Gasteiger partial charge in [0, 0.05) is 0 Å². The molecule has 75 heavy (non-hydrogen) atoms. The van der Waals surface area contributed by atoms with Gasteiger partial charge in [-0.2, -0.15) is 0 Å². The van der Waals surface area contributed by atoms with Crippen LogP contribution in [0.2, 0.25) is 0 Å². The summed E-state index contributed by atoms with van der Waals surface area (Å²) in [4.78, 5) is 0. The van der Waals surface area contributed by atoms with Crippen molar-refractivity contribution in [1.82, 2.24) is 0 Å². The molecule has 0 nitrogen and oxygen atoms in total. The summed E-state index contributed by atoms with van der Waals surface area (Å²) >= 11 is 0. The van der Waals surface area contributed by atoms with Crippen LogP contribution in [0, 0.1) is 0 Å². The first-order valence-corrected chi connectivity index (χ1v) is 26.1. The summed E-state index contributed by atoms with van der Waals surface area (Å²) < 4.78 is 0. The smallest absolute Gasteiger partial charge is 0.0622 e. The largest absolute Gasteiger partial charge is 0.0714 e. The molecule has 0 heterocycles. The van der Waals surface area contributed by atoms with Crippen molar-refractivity contribution >= 4 is 53.9 Å². The Labute approximate surface area is 437 Å². The Morgan fingerprint density at radius 1 is 0.187 bits per heavy atom. The minimum atomic E-state index is -0.593. The van der Waals surface area contributed by atoms with Crippen LogP contribution in [0.5, 0.6) is 0 Å². The SMILES string of the molecule is c1ccc(-c2cc(-c3ccccc3)cc(-c3ccc(-c4c5ccccc5c(-c5ccc6c(c5)C(c5ccc7ccccc7c5)(c5ccc7ccccc7c5)c5ccccc5-6)c5ccccc45)c4ccccc34)c2)cc1. The molecule has 0 saturated heterocycles. The molecule has 0 spiro atoms. The molecule has 0 aromatic heterocycles. The van der Waals surface area contributed by atoms with Gasteiger partial charge in [0.05, 0.1) is 5.41 Å². The van der Waals surface area contributed by atoms with Gasteiger partial charge in [-0.3, -0.25) is 0 Å². The average molecular weight is 949 g/mol. The van der Waals surface area contributed by atoms with Crippen molar-refractivity contribution in [3.8, 4) is 66.8 Å². The third-order valence-electron chi connectivity index (χ3n) is 16.3. The van der Waals surface area contributed by atoms with Gasteiger partial charge in [-0.05, 0) is 179 Å². The fourth-order valence-corrected chi connectivity index (χ4v) is 12.9. The second-order valence-corrected chi connectivity index (χ2v) is 20.3. The van der Waals surface area contributed by atoms with Gasteiger partial charge in [0.1, 0.15) is 0 Å². The lowest BCUT2D eigenvalue weighted by atomic mass is 9.67. The van der Waals surface area contributed by atoms with Crippen molar-refractivity contribution in [2.24, 2.45) is 0 Å². The Kier molecular flexibility index (Phi) is 9.90. The number of benzene rings is 14. The summed E-state index contributed by atoms with van der Waals surface area (Å²) in [5.74, 6) is 0. The number of hydrogen-bond donors (Lipinski definition) is 0. The fraction of sp³-hybridized carbons (Fsp3) is 0.0133. The molecule has 0 N–H and O–H groups in total. The van der Waals surface area contributed by atoms with E-state index in [0.717, 1.165) is 0 Å². The van der Waals surface area contributed by atoms with Crippen molar-refractivity contribution < 1.29 is 0 Å². The standard InChI is InChI=1S/C75H48/c1-3-19-49(20-4-1)56-43-57(50-21-5-2-6-22-50)45-58(44-56)61-41-42-70(63-28-12-11-27-62(61)63)74-68-32-15-13-30-66(68)73(67-31-14-16-33-69(67)74)55-37-40-65-64-29-17-18-34-71(64)75(72(65)48-55,59-38-35-51-23-7-9-25-53(51)46-59)60-39-36-52-24-8-10-26-54(52)47-60/h1-48H. The summed E-state index contributed by atoms with van der Waals surface area (Å²) in [7, 11) is 0. The van der Waals surface area contributed by atoms with Crippen molar-refractivity contribution in [1.29, 1.82) is 0 Å². The molecule has 0 amide bonds. The van der Waals surface area contributed by atoms with Gasteiger partial charge in [0.15, 0.2) is 0 Å². The Morgan fingerprint density at radius 2 is 0.600 bits per heavy atom. The van der Waals surface area contributed by atoms with Crippen LogP contribution in [0.4, 0.5) is 0 Å². The van der Waals surface area contributed by atoms with Gasteiger partial charge in [-0.1, -0.05) is 255 Å².